The summed E-state index contributed by atoms with van der Waals surface area (Å²) in [4.78, 5) is 14.6. The number of benzene rings is 1. The minimum Gasteiger partial charge on any atom is -0.504 e. The molecule has 22 heavy (non-hydrogen) atoms. The molecule has 2 aliphatic heterocycles. The third-order valence-electron chi connectivity index (χ3n) is 6.45. The molecule has 1 N–H and O–H groups in total. The highest BCUT2D eigenvalue weighted by atomic mass is 19.1. The Hall–Kier alpha value is -1.62. The van der Waals surface area contributed by atoms with Crippen molar-refractivity contribution < 1.29 is 19.0 Å². The van der Waals surface area contributed by atoms with Crippen LogP contribution in [0.5, 0.6) is 11.5 Å². The number of phenolic OH excluding ortho intramolecular Hbond substituents is 1. The summed E-state index contributed by atoms with van der Waals surface area (Å²) in [6.45, 7) is 0.748. The van der Waals surface area contributed by atoms with E-state index < -0.39 is 17.2 Å². The van der Waals surface area contributed by atoms with Gasteiger partial charge in [-0.2, -0.15) is 0 Å². The van der Waals surface area contributed by atoms with E-state index >= 15 is 4.39 Å². The maximum atomic E-state index is 16.3. The van der Waals surface area contributed by atoms with E-state index in [0.29, 0.717) is 18.6 Å². The Kier molecular flexibility index (Phi) is 2.13. The fourth-order valence-electron chi connectivity index (χ4n) is 5.48. The van der Waals surface area contributed by atoms with Gasteiger partial charge in [0.1, 0.15) is 5.67 Å². The fourth-order valence-corrected chi connectivity index (χ4v) is 5.48. The zero-order valence-electron chi connectivity index (χ0n) is 12.4. The molecule has 116 valence electrons. The number of ketones is 1. The predicted molar refractivity (Wildman–Crippen MR) is 77.0 cm³/mol. The highest BCUT2D eigenvalue weighted by molar-refractivity contribution is 5.90. The molecule has 1 saturated heterocycles. The second-order valence-electron chi connectivity index (χ2n) is 7.20. The summed E-state index contributed by atoms with van der Waals surface area (Å²) in [6.07, 6.45) is 0.884. The number of ether oxygens (including phenoxy) is 1. The van der Waals surface area contributed by atoms with Gasteiger partial charge in [0.15, 0.2) is 23.4 Å². The zero-order valence-corrected chi connectivity index (χ0v) is 12.4. The molecule has 1 saturated carbocycles. The van der Waals surface area contributed by atoms with Crippen LogP contribution < -0.4 is 4.74 Å². The molecule has 2 heterocycles. The van der Waals surface area contributed by atoms with E-state index in [-0.39, 0.29) is 30.4 Å². The van der Waals surface area contributed by atoms with Crippen LogP contribution in [-0.2, 0) is 16.6 Å². The van der Waals surface area contributed by atoms with E-state index in [1.807, 2.05) is 13.1 Å². The second kappa shape index (κ2) is 3.65. The molecule has 0 amide bonds. The average molecular weight is 303 g/mol. The lowest BCUT2D eigenvalue weighted by Crippen LogP contribution is -2.74. The van der Waals surface area contributed by atoms with Crippen LogP contribution in [-0.4, -0.2) is 47.2 Å². The Labute approximate surface area is 127 Å². The van der Waals surface area contributed by atoms with Crippen LogP contribution >= 0.6 is 0 Å². The second-order valence-corrected chi connectivity index (χ2v) is 7.20. The van der Waals surface area contributed by atoms with Crippen LogP contribution in [0.1, 0.15) is 30.4 Å². The number of likely N-dealkylation sites (tertiary alicyclic amines) is 1. The lowest BCUT2D eigenvalue weighted by Gasteiger charge is -2.60. The largest absolute Gasteiger partial charge is 0.504 e. The summed E-state index contributed by atoms with van der Waals surface area (Å²) in [5.74, 6) is 0.345. The Morgan fingerprint density at radius 3 is 3.05 bits per heavy atom. The van der Waals surface area contributed by atoms with Gasteiger partial charge in [0.05, 0.1) is 5.41 Å². The topological polar surface area (TPSA) is 49.8 Å². The number of likely N-dealkylation sites (N-methyl/N-ethyl adjacent to an activating group) is 1. The number of carbonyl (C=O) groups excluding carboxylic acids is 1. The molecular weight excluding hydrogens is 285 g/mol. The van der Waals surface area contributed by atoms with Crippen LogP contribution in [0.2, 0.25) is 0 Å². The number of nitrogens with zero attached hydrogens (tertiary/aromatic N) is 1. The maximum absolute atomic E-state index is 16.3. The van der Waals surface area contributed by atoms with Crippen molar-refractivity contribution >= 4 is 5.78 Å². The van der Waals surface area contributed by atoms with E-state index in [9.17, 15) is 9.90 Å². The van der Waals surface area contributed by atoms with Crippen molar-refractivity contribution in [3.05, 3.63) is 23.3 Å². The predicted octanol–water partition coefficient (Wildman–Crippen LogP) is 1.72. The highest BCUT2D eigenvalue weighted by Crippen LogP contribution is 2.65. The number of rotatable bonds is 0. The first-order chi connectivity index (χ1) is 10.5. The molecule has 4 nitrogen and oxygen atoms in total. The normalized spacial score (nSPS) is 42.0. The summed E-state index contributed by atoms with van der Waals surface area (Å²) in [5.41, 5.74) is -0.557. The maximum Gasteiger partial charge on any atom is 0.174 e. The van der Waals surface area contributed by atoms with Crippen LogP contribution in [0.25, 0.3) is 0 Å². The van der Waals surface area contributed by atoms with Gasteiger partial charge in [0.25, 0.3) is 0 Å². The number of alkyl halides is 1. The van der Waals surface area contributed by atoms with Crippen molar-refractivity contribution in [3.8, 4) is 11.5 Å². The van der Waals surface area contributed by atoms with Crippen LogP contribution in [0.3, 0.4) is 0 Å². The molecule has 4 aliphatic rings. The van der Waals surface area contributed by atoms with Crippen molar-refractivity contribution in [1.82, 2.24) is 4.90 Å². The molecule has 5 rings (SSSR count). The van der Waals surface area contributed by atoms with Gasteiger partial charge in [0, 0.05) is 18.0 Å². The van der Waals surface area contributed by atoms with Crippen molar-refractivity contribution in [2.75, 3.05) is 13.6 Å². The number of piperidine rings is 1. The molecule has 1 spiro atoms. The first-order valence-corrected chi connectivity index (χ1v) is 7.93. The van der Waals surface area contributed by atoms with Gasteiger partial charge < -0.3 is 9.84 Å². The minimum absolute atomic E-state index is 0.0232. The number of hydrogen-bond acceptors (Lipinski definition) is 4. The van der Waals surface area contributed by atoms with Gasteiger partial charge in [-0.05, 0) is 44.5 Å². The zero-order chi connectivity index (χ0) is 15.3. The third kappa shape index (κ3) is 1.12. The van der Waals surface area contributed by atoms with Gasteiger partial charge in [-0.1, -0.05) is 6.07 Å². The Bertz CT molecular complexity index is 720. The number of halogens is 1. The molecule has 1 unspecified atom stereocenters. The molecule has 0 radical (unpaired) electrons. The van der Waals surface area contributed by atoms with E-state index in [4.69, 9.17) is 4.74 Å². The number of carbonyl (C=O) groups is 1. The van der Waals surface area contributed by atoms with Crippen molar-refractivity contribution in [1.29, 1.82) is 0 Å². The summed E-state index contributed by atoms with van der Waals surface area (Å²) in [7, 11) is 1.96. The van der Waals surface area contributed by atoms with Crippen LogP contribution in [0.4, 0.5) is 4.39 Å². The summed E-state index contributed by atoms with van der Waals surface area (Å²) < 4.78 is 22.1. The molecule has 5 heteroatoms. The van der Waals surface area contributed by atoms with Gasteiger partial charge >= 0.3 is 0 Å². The van der Waals surface area contributed by atoms with Crippen LogP contribution in [0, 0.1) is 0 Å². The highest BCUT2D eigenvalue weighted by Gasteiger charge is 2.74. The summed E-state index contributed by atoms with van der Waals surface area (Å²) in [6, 6.07) is 3.25. The first kappa shape index (κ1) is 12.9. The fraction of sp³-hybridized carbons (Fsp3) is 0.588. The molecule has 1 aromatic rings. The number of phenols is 1. The van der Waals surface area contributed by atoms with E-state index in [1.54, 1.807) is 6.07 Å². The van der Waals surface area contributed by atoms with Crippen molar-refractivity contribution in [2.24, 2.45) is 0 Å². The molecule has 2 aliphatic carbocycles. The van der Waals surface area contributed by atoms with Gasteiger partial charge in [-0.3, -0.25) is 9.69 Å². The van der Waals surface area contributed by atoms with E-state index in [2.05, 4.69) is 4.90 Å². The van der Waals surface area contributed by atoms with E-state index in [1.165, 1.54) is 0 Å². The lowest BCUT2D eigenvalue weighted by atomic mass is 9.50. The van der Waals surface area contributed by atoms with Crippen LogP contribution in [0.15, 0.2) is 12.1 Å². The van der Waals surface area contributed by atoms with Gasteiger partial charge in [0.2, 0.25) is 0 Å². The molecule has 2 fully saturated rings. The van der Waals surface area contributed by atoms with Crippen molar-refractivity contribution in [3.63, 3.8) is 0 Å². The Morgan fingerprint density at radius 1 is 1.41 bits per heavy atom. The summed E-state index contributed by atoms with van der Waals surface area (Å²) >= 11 is 0. The Balaban J connectivity index is 1.88. The Morgan fingerprint density at radius 2 is 2.23 bits per heavy atom. The van der Waals surface area contributed by atoms with Crippen molar-refractivity contribution in [2.45, 2.75) is 48.9 Å². The molecule has 1 aromatic carbocycles. The first-order valence-electron chi connectivity index (χ1n) is 7.93. The monoisotopic (exact) mass is 303 g/mol. The summed E-state index contributed by atoms with van der Waals surface area (Å²) in [5, 5.41) is 10.2. The molecule has 0 aromatic heterocycles. The molecular formula is C17H18FNO3. The van der Waals surface area contributed by atoms with Gasteiger partial charge in [-0.25, -0.2) is 4.39 Å². The lowest BCUT2D eigenvalue weighted by molar-refractivity contribution is -0.158. The number of aromatic hydroxyl groups is 1. The quantitative estimate of drug-likeness (QED) is 0.793. The smallest absolute Gasteiger partial charge is 0.174 e. The molecule has 2 bridgehead atoms. The average Bonchev–Trinajstić information content (AvgIpc) is 2.85. The molecule has 4 atom stereocenters. The van der Waals surface area contributed by atoms with E-state index in [0.717, 1.165) is 17.7 Å². The number of hydrogen-bond donors (Lipinski definition) is 1. The minimum atomic E-state index is -1.45. The third-order valence-corrected chi connectivity index (χ3v) is 6.45. The number of Topliss-reactive ketones (excluding diaryl/α,β-unsaturated/α-hetero) is 1. The standard InChI is InChI=1S/C17H18FNO3/c1-19-7-6-16-13-9-2-3-10(20)14(13)22-15(16)11(21)4-5-17(16,18)12(19)8-9/h2-3,12,15,20H,4-8H2,1H3/t12-,15+,16+,17?/m1/s1. The SMILES string of the molecule is CN1CC[C@]23c4c5ccc(O)c4O[C@H]2C(=O)CCC3(F)[C@H]1C5. The van der Waals surface area contributed by atoms with Gasteiger partial charge in [-0.15, -0.1) is 0 Å².